The van der Waals surface area contributed by atoms with Gasteiger partial charge in [-0.15, -0.1) is 0 Å². The number of hydrogen-bond donors (Lipinski definition) is 3. The Kier molecular flexibility index (Phi) is 6.70. The number of unbranched alkanes of at least 4 members (excludes halogenated alkanes) is 1. The lowest BCUT2D eigenvalue weighted by atomic mass is 10.2. The van der Waals surface area contributed by atoms with Crippen LogP contribution in [0.4, 0.5) is 0 Å². The van der Waals surface area contributed by atoms with Crippen molar-refractivity contribution in [3.63, 3.8) is 0 Å². The van der Waals surface area contributed by atoms with Gasteiger partial charge >= 0.3 is 0 Å². The molecule has 0 fully saturated rings. The molecule has 1 amide bonds. The van der Waals surface area contributed by atoms with E-state index in [1.807, 2.05) is 0 Å². The molecule has 0 unspecified atom stereocenters. The topological polar surface area (TPSA) is 75.3 Å². The number of rotatable bonds is 7. The molecule has 4 N–H and O–H groups in total. The van der Waals surface area contributed by atoms with Crippen LogP contribution < -0.4 is 11.1 Å². The fourth-order valence-corrected chi connectivity index (χ4v) is 0.860. The first kappa shape index (κ1) is 11.4. The second-order valence-electron chi connectivity index (χ2n) is 2.98. The first-order valence-corrected chi connectivity index (χ1v) is 4.30. The fourth-order valence-electron chi connectivity index (χ4n) is 0.860. The molecule has 0 aliphatic carbocycles. The molecule has 0 radical (unpaired) electrons. The summed E-state index contributed by atoms with van der Waals surface area (Å²) in [6, 6.07) is 0. The zero-order chi connectivity index (χ0) is 9.40. The Hall–Kier alpha value is -0.610. The lowest BCUT2D eigenvalue weighted by Crippen LogP contribution is -2.25. The third-order valence-electron chi connectivity index (χ3n) is 1.47. The molecule has 1 atom stereocenters. The summed E-state index contributed by atoms with van der Waals surface area (Å²) in [5, 5.41) is 11.9. The van der Waals surface area contributed by atoms with Gasteiger partial charge < -0.3 is 16.2 Å². The van der Waals surface area contributed by atoms with Gasteiger partial charge in [0, 0.05) is 13.0 Å². The minimum Gasteiger partial charge on any atom is -0.392 e. The number of primary amides is 1. The van der Waals surface area contributed by atoms with E-state index in [2.05, 4.69) is 5.32 Å². The van der Waals surface area contributed by atoms with Gasteiger partial charge in [0.05, 0.1) is 6.10 Å². The Balaban J connectivity index is 2.96. The molecule has 0 heterocycles. The number of carbonyl (C=O) groups is 1. The fraction of sp³-hybridized carbons (Fsp3) is 0.875. The van der Waals surface area contributed by atoms with Gasteiger partial charge in [0.15, 0.2) is 0 Å². The van der Waals surface area contributed by atoms with Crippen LogP contribution in [-0.4, -0.2) is 30.2 Å². The summed E-state index contributed by atoms with van der Waals surface area (Å²) in [6.07, 6.45) is 1.90. The molecule has 0 rings (SSSR count). The van der Waals surface area contributed by atoms with Crippen LogP contribution >= 0.6 is 0 Å². The number of aliphatic hydroxyl groups is 1. The summed E-state index contributed by atoms with van der Waals surface area (Å²) < 4.78 is 0. The summed E-state index contributed by atoms with van der Waals surface area (Å²) in [5.74, 6) is -0.245. The van der Waals surface area contributed by atoms with Gasteiger partial charge in [-0.2, -0.15) is 0 Å². The Morgan fingerprint density at radius 3 is 2.75 bits per heavy atom. The van der Waals surface area contributed by atoms with E-state index in [4.69, 9.17) is 10.8 Å². The smallest absolute Gasteiger partial charge is 0.217 e. The Bertz CT molecular complexity index is 126. The molecule has 0 aliphatic rings. The van der Waals surface area contributed by atoms with Gasteiger partial charge in [-0.05, 0) is 26.3 Å². The van der Waals surface area contributed by atoms with Gasteiger partial charge in [-0.25, -0.2) is 0 Å². The summed E-state index contributed by atoms with van der Waals surface area (Å²) in [6.45, 7) is 3.17. The van der Waals surface area contributed by atoms with Crippen LogP contribution in [0, 0.1) is 0 Å². The van der Waals surface area contributed by atoms with Crippen molar-refractivity contribution in [3.05, 3.63) is 0 Å². The van der Waals surface area contributed by atoms with Crippen LogP contribution in [0.25, 0.3) is 0 Å². The first-order valence-electron chi connectivity index (χ1n) is 4.30. The molecule has 0 bridgehead atoms. The van der Waals surface area contributed by atoms with Gasteiger partial charge in [-0.3, -0.25) is 4.79 Å². The van der Waals surface area contributed by atoms with E-state index in [-0.39, 0.29) is 12.0 Å². The summed E-state index contributed by atoms with van der Waals surface area (Å²) >= 11 is 0. The van der Waals surface area contributed by atoms with Crippen LogP contribution in [0.3, 0.4) is 0 Å². The van der Waals surface area contributed by atoms with Crippen molar-refractivity contribution in [1.82, 2.24) is 5.32 Å². The quantitative estimate of drug-likeness (QED) is 0.460. The maximum absolute atomic E-state index is 10.3. The first-order chi connectivity index (χ1) is 5.63. The standard InChI is InChI=1S/C8H18N2O2/c1-7(11)6-10-5-3-2-4-8(9)12/h7,10-11H,2-6H2,1H3,(H2,9,12)/t7-/m1/s1. The van der Waals surface area contributed by atoms with Gasteiger partial charge in [0.25, 0.3) is 0 Å². The zero-order valence-corrected chi connectivity index (χ0v) is 7.55. The molecular weight excluding hydrogens is 156 g/mol. The predicted molar refractivity (Wildman–Crippen MR) is 47.6 cm³/mol. The second-order valence-corrected chi connectivity index (χ2v) is 2.98. The van der Waals surface area contributed by atoms with Crippen LogP contribution in [0.15, 0.2) is 0 Å². The highest BCUT2D eigenvalue weighted by molar-refractivity contribution is 5.73. The minimum atomic E-state index is -0.304. The van der Waals surface area contributed by atoms with E-state index in [9.17, 15) is 4.79 Å². The van der Waals surface area contributed by atoms with Crippen LogP contribution in [0.2, 0.25) is 0 Å². The molecule has 0 saturated carbocycles. The molecule has 4 nitrogen and oxygen atoms in total. The average Bonchev–Trinajstić information content (AvgIpc) is 1.95. The van der Waals surface area contributed by atoms with Crippen LogP contribution in [-0.2, 0) is 4.79 Å². The number of nitrogens with two attached hydrogens (primary N) is 1. The van der Waals surface area contributed by atoms with Crippen molar-refractivity contribution in [3.8, 4) is 0 Å². The lowest BCUT2D eigenvalue weighted by Gasteiger charge is -2.05. The highest BCUT2D eigenvalue weighted by Crippen LogP contribution is 1.92. The zero-order valence-electron chi connectivity index (χ0n) is 7.55. The second kappa shape index (κ2) is 7.06. The SMILES string of the molecule is C[C@@H](O)CNCCCCC(N)=O. The number of carbonyl (C=O) groups excluding carboxylic acids is 1. The van der Waals surface area contributed by atoms with Crippen molar-refractivity contribution < 1.29 is 9.90 Å². The predicted octanol–water partition coefficient (Wildman–Crippen LogP) is -0.388. The third kappa shape index (κ3) is 9.39. The maximum atomic E-state index is 10.3. The van der Waals surface area contributed by atoms with Crippen molar-refractivity contribution in [1.29, 1.82) is 0 Å². The molecule has 0 aromatic rings. The van der Waals surface area contributed by atoms with Crippen LogP contribution in [0.1, 0.15) is 26.2 Å². The van der Waals surface area contributed by atoms with E-state index in [0.29, 0.717) is 13.0 Å². The van der Waals surface area contributed by atoms with Crippen LogP contribution in [0.5, 0.6) is 0 Å². The summed E-state index contributed by atoms with van der Waals surface area (Å²) in [5.41, 5.74) is 4.96. The lowest BCUT2D eigenvalue weighted by molar-refractivity contribution is -0.118. The molecule has 72 valence electrons. The number of amides is 1. The van der Waals surface area contributed by atoms with Gasteiger partial charge in [-0.1, -0.05) is 0 Å². The molecule has 0 aromatic heterocycles. The molecule has 0 saturated heterocycles. The average molecular weight is 174 g/mol. The van der Waals surface area contributed by atoms with E-state index in [0.717, 1.165) is 19.4 Å². The number of hydrogen-bond acceptors (Lipinski definition) is 3. The third-order valence-corrected chi connectivity index (χ3v) is 1.47. The van der Waals surface area contributed by atoms with E-state index < -0.39 is 0 Å². The van der Waals surface area contributed by atoms with Gasteiger partial charge in [0.2, 0.25) is 5.91 Å². The Labute approximate surface area is 73.1 Å². The summed E-state index contributed by atoms with van der Waals surface area (Å²) in [4.78, 5) is 10.3. The molecule has 12 heavy (non-hydrogen) atoms. The van der Waals surface area contributed by atoms with Crippen molar-refractivity contribution in [2.75, 3.05) is 13.1 Å². The highest BCUT2D eigenvalue weighted by atomic mass is 16.3. The molecular formula is C8H18N2O2. The summed E-state index contributed by atoms with van der Waals surface area (Å²) in [7, 11) is 0. The monoisotopic (exact) mass is 174 g/mol. The van der Waals surface area contributed by atoms with Gasteiger partial charge in [0.1, 0.15) is 0 Å². The highest BCUT2D eigenvalue weighted by Gasteiger charge is 1.95. The Morgan fingerprint density at radius 1 is 1.58 bits per heavy atom. The molecule has 0 aromatic carbocycles. The number of aliphatic hydroxyl groups excluding tert-OH is 1. The molecule has 0 aliphatic heterocycles. The number of nitrogens with one attached hydrogen (secondary N) is 1. The van der Waals surface area contributed by atoms with Crippen molar-refractivity contribution in [2.24, 2.45) is 5.73 Å². The van der Waals surface area contributed by atoms with Crippen molar-refractivity contribution >= 4 is 5.91 Å². The molecule has 0 spiro atoms. The maximum Gasteiger partial charge on any atom is 0.217 e. The van der Waals surface area contributed by atoms with E-state index in [1.165, 1.54) is 0 Å². The van der Waals surface area contributed by atoms with E-state index in [1.54, 1.807) is 6.92 Å². The van der Waals surface area contributed by atoms with E-state index >= 15 is 0 Å². The molecule has 4 heteroatoms. The minimum absolute atomic E-state index is 0.245. The normalized spacial score (nSPS) is 12.8. The Morgan fingerprint density at radius 2 is 2.25 bits per heavy atom. The van der Waals surface area contributed by atoms with Crippen molar-refractivity contribution in [2.45, 2.75) is 32.3 Å². The largest absolute Gasteiger partial charge is 0.392 e.